The van der Waals surface area contributed by atoms with Gasteiger partial charge in [-0.1, -0.05) is 140 Å². The van der Waals surface area contributed by atoms with E-state index >= 15 is 0 Å². The van der Waals surface area contributed by atoms with E-state index in [-0.39, 0.29) is 0 Å². The molecule has 0 aliphatic rings. The van der Waals surface area contributed by atoms with E-state index in [9.17, 15) is 0 Å². The van der Waals surface area contributed by atoms with Crippen molar-refractivity contribution in [3.63, 3.8) is 0 Å². The smallest absolute Gasteiger partial charge is 0.136 e. The Hall–Kier alpha value is -6.94. The maximum absolute atomic E-state index is 6.26. The Bertz CT molecular complexity index is 3220. The number of anilines is 3. The predicted molar refractivity (Wildman–Crippen MR) is 235 cm³/mol. The highest BCUT2D eigenvalue weighted by Gasteiger charge is 2.20. The van der Waals surface area contributed by atoms with Crippen molar-refractivity contribution in [2.45, 2.75) is 0 Å². The van der Waals surface area contributed by atoms with Crippen molar-refractivity contribution < 1.29 is 4.42 Å². The van der Waals surface area contributed by atoms with Crippen LogP contribution in [0.25, 0.3) is 86.3 Å². The van der Waals surface area contributed by atoms with E-state index in [1.807, 2.05) is 23.5 Å². The van der Waals surface area contributed by atoms with Crippen LogP contribution in [-0.4, -0.2) is 0 Å². The molecule has 0 bridgehead atoms. The van der Waals surface area contributed by atoms with Crippen LogP contribution >= 0.6 is 11.3 Å². The lowest BCUT2D eigenvalue weighted by Crippen LogP contribution is -2.11. The van der Waals surface area contributed by atoms with Crippen molar-refractivity contribution in [1.29, 1.82) is 0 Å². The Balaban J connectivity index is 1.09. The van der Waals surface area contributed by atoms with Gasteiger partial charge in [0, 0.05) is 47.9 Å². The molecule has 55 heavy (non-hydrogen) atoms. The summed E-state index contributed by atoms with van der Waals surface area (Å²) in [6.07, 6.45) is 0. The van der Waals surface area contributed by atoms with Crippen molar-refractivity contribution in [2.75, 3.05) is 4.90 Å². The first kappa shape index (κ1) is 31.6. The topological polar surface area (TPSA) is 16.4 Å². The second kappa shape index (κ2) is 12.9. The lowest BCUT2D eigenvalue weighted by Gasteiger charge is -2.29. The molecule has 0 saturated heterocycles. The van der Waals surface area contributed by atoms with Gasteiger partial charge < -0.3 is 9.32 Å². The standard InChI is InChI=1S/C52H33NOS/c1-2-16-40-34(12-1)13-10-21-42(40)43-17-3-6-22-47(43)53(38-29-26-35(27-30-38)41-20-11-24-49-52(41)45-19-4-7-23-48(45)54-49)39-15-9-14-36(32-39)37-28-31-51-46(33-37)44-18-5-8-25-50(44)55-51/h1-33H. The number of fused-ring (bicyclic) bond motifs is 7. The van der Waals surface area contributed by atoms with Crippen LogP contribution in [-0.2, 0) is 0 Å². The molecule has 11 aromatic rings. The fraction of sp³-hybridized carbons (Fsp3) is 0. The summed E-state index contributed by atoms with van der Waals surface area (Å²) in [5.41, 5.74) is 12.2. The van der Waals surface area contributed by atoms with Gasteiger partial charge in [-0.2, -0.15) is 0 Å². The van der Waals surface area contributed by atoms with Crippen molar-refractivity contribution in [3.05, 3.63) is 200 Å². The monoisotopic (exact) mass is 719 g/mol. The third kappa shape index (κ3) is 5.32. The van der Waals surface area contributed by atoms with Crippen LogP contribution in [0.3, 0.4) is 0 Å². The molecule has 9 aromatic carbocycles. The summed E-state index contributed by atoms with van der Waals surface area (Å²) in [6.45, 7) is 0. The molecule has 0 spiro atoms. The maximum Gasteiger partial charge on any atom is 0.136 e. The molecule has 0 aliphatic carbocycles. The van der Waals surface area contributed by atoms with Gasteiger partial charge in [0.1, 0.15) is 11.2 Å². The number of furan rings is 1. The first-order valence-corrected chi connectivity index (χ1v) is 19.5. The average molecular weight is 720 g/mol. The molecule has 0 atom stereocenters. The molecular formula is C52H33NOS. The number of para-hydroxylation sites is 2. The lowest BCUT2D eigenvalue weighted by molar-refractivity contribution is 0.669. The van der Waals surface area contributed by atoms with Gasteiger partial charge in [0.15, 0.2) is 0 Å². The van der Waals surface area contributed by atoms with E-state index in [2.05, 4.69) is 193 Å². The first-order chi connectivity index (χ1) is 27.3. The summed E-state index contributed by atoms with van der Waals surface area (Å²) < 4.78 is 8.89. The van der Waals surface area contributed by atoms with E-state index in [1.165, 1.54) is 53.2 Å². The largest absolute Gasteiger partial charge is 0.456 e. The average Bonchev–Trinajstić information content (AvgIpc) is 3.82. The van der Waals surface area contributed by atoms with Crippen LogP contribution in [0.4, 0.5) is 17.1 Å². The minimum Gasteiger partial charge on any atom is -0.456 e. The van der Waals surface area contributed by atoms with Crippen LogP contribution < -0.4 is 4.90 Å². The molecule has 258 valence electrons. The van der Waals surface area contributed by atoms with E-state index in [0.29, 0.717) is 0 Å². The van der Waals surface area contributed by atoms with Crippen molar-refractivity contribution in [2.24, 2.45) is 0 Å². The van der Waals surface area contributed by atoms with Crippen molar-refractivity contribution in [3.8, 4) is 33.4 Å². The number of hydrogen-bond acceptors (Lipinski definition) is 3. The normalized spacial score (nSPS) is 11.6. The highest BCUT2D eigenvalue weighted by Crippen LogP contribution is 2.45. The van der Waals surface area contributed by atoms with E-state index in [4.69, 9.17) is 4.42 Å². The Kier molecular flexibility index (Phi) is 7.39. The summed E-state index contributed by atoms with van der Waals surface area (Å²) in [5.74, 6) is 0. The summed E-state index contributed by atoms with van der Waals surface area (Å²) in [6, 6.07) is 72.3. The summed E-state index contributed by atoms with van der Waals surface area (Å²) >= 11 is 1.86. The van der Waals surface area contributed by atoms with Crippen LogP contribution in [0.5, 0.6) is 0 Å². The third-order valence-electron chi connectivity index (χ3n) is 10.9. The zero-order chi connectivity index (χ0) is 36.3. The number of benzene rings is 9. The molecule has 0 N–H and O–H groups in total. The Morgan fingerprint density at radius 2 is 1.00 bits per heavy atom. The van der Waals surface area contributed by atoms with Crippen molar-refractivity contribution in [1.82, 2.24) is 0 Å². The van der Waals surface area contributed by atoms with E-state index in [0.717, 1.165) is 50.1 Å². The van der Waals surface area contributed by atoms with Crippen molar-refractivity contribution >= 4 is 81.3 Å². The minimum absolute atomic E-state index is 0.902. The maximum atomic E-state index is 6.26. The Labute approximate surface area is 322 Å². The number of nitrogens with zero attached hydrogens (tertiary/aromatic N) is 1. The third-order valence-corrected chi connectivity index (χ3v) is 12.0. The second-order valence-electron chi connectivity index (χ2n) is 14.1. The SMILES string of the molecule is c1cc(-c2ccc3sc4ccccc4c3c2)cc(N(c2ccc(-c3cccc4oc5ccccc5c34)cc2)c2ccccc2-c2cccc3ccccc23)c1. The number of rotatable bonds is 6. The molecular weight excluding hydrogens is 687 g/mol. The van der Waals surface area contributed by atoms with Crippen LogP contribution in [0.2, 0.25) is 0 Å². The zero-order valence-corrected chi connectivity index (χ0v) is 30.6. The molecule has 0 unspecified atom stereocenters. The van der Waals surface area contributed by atoms with Crippen LogP contribution in [0.1, 0.15) is 0 Å². The van der Waals surface area contributed by atoms with Gasteiger partial charge in [0.25, 0.3) is 0 Å². The molecule has 11 rings (SSSR count). The number of hydrogen-bond donors (Lipinski definition) is 0. The molecule has 2 nitrogen and oxygen atoms in total. The van der Waals surface area contributed by atoms with E-state index in [1.54, 1.807) is 0 Å². The molecule has 2 aromatic heterocycles. The molecule has 3 heteroatoms. The van der Waals surface area contributed by atoms with Crippen LogP contribution in [0, 0.1) is 0 Å². The molecule has 0 aliphatic heterocycles. The van der Waals surface area contributed by atoms with Gasteiger partial charge in [-0.15, -0.1) is 11.3 Å². The van der Waals surface area contributed by atoms with E-state index < -0.39 is 0 Å². The molecule has 0 saturated carbocycles. The highest BCUT2D eigenvalue weighted by atomic mass is 32.1. The number of thiophene rings is 1. The van der Waals surface area contributed by atoms with Gasteiger partial charge in [0.2, 0.25) is 0 Å². The highest BCUT2D eigenvalue weighted by molar-refractivity contribution is 7.25. The molecule has 2 heterocycles. The Morgan fingerprint density at radius 1 is 0.364 bits per heavy atom. The van der Waals surface area contributed by atoms with Gasteiger partial charge in [-0.3, -0.25) is 0 Å². The van der Waals surface area contributed by atoms with Gasteiger partial charge >= 0.3 is 0 Å². The summed E-state index contributed by atoms with van der Waals surface area (Å²) in [5, 5.41) is 7.35. The second-order valence-corrected chi connectivity index (χ2v) is 15.1. The zero-order valence-electron chi connectivity index (χ0n) is 29.8. The first-order valence-electron chi connectivity index (χ1n) is 18.7. The molecule has 0 amide bonds. The lowest BCUT2D eigenvalue weighted by atomic mass is 9.95. The molecule has 0 radical (unpaired) electrons. The fourth-order valence-electron chi connectivity index (χ4n) is 8.32. The van der Waals surface area contributed by atoms with Crippen LogP contribution in [0.15, 0.2) is 205 Å². The quantitative estimate of drug-likeness (QED) is 0.170. The molecule has 0 fully saturated rings. The summed E-state index contributed by atoms with van der Waals surface area (Å²) in [7, 11) is 0. The van der Waals surface area contributed by atoms with Gasteiger partial charge in [-0.25, -0.2) is 0 Å². The fourth-order valence-corrected chi connectivity index (χ4v) is 9.41. The summed E-state index contributed by atoms with van der Waals surface area (Å²) in [4.78, 5) is 2.41. The van der Waals surface area contributed by atoms with Gasteiger partial charge in [-0.05, 0) is 99.3 Å². The Morgan fingerprint density at radius 3 is 1.93 bits per heavy atom. The van der Waals surface area contributed by atoms with Gasteiger partial charge in [0.05, 0.1) is 5.69 Å². The minimum atomic E-state index is 0.902. The predicted octanol–water partition coefficient (Wildman–Crippen LogP) is 15.6.